The second-order valence-corrected chi connectivity index (χ2v) is 5.41. The molecule has 1 atom stereocenters. The summed E-state index contributed by atoms with van der Waals surface area (Å²) in [5, 5.41) is 8.84. The van der Waals surface area contributed by atoms with Crippen LogP contribution in [0, 0.1) is 11.3 Å². The molecule has 0 heterocycles. The predicted molar refractivity (Wildman–Crippen MR) is 64.3 cm³/mol. The lowest BCUT2D eigenvalue weighted by molar-refractivity contribution is 0.414. The van der Waals surface area contributed by atoms with Gasteiger partial charge in [0.2, 0.25) is 0 Å². The molecule has 0 saturated heterocycles. The predicted octanol–water partition coefficient (Wildman–Crippen LogP) is 3.30. The Bertz CT molecular complexity index is 351. The maximum Gasteiger partial charge on any atom is 0.118 e. The largest absolute Gasteiger partial charge is 0.497 e. The van der Waals surface area contributed by atoms with Gasteiger partial charge in [0.25, 0.3) is 0 Å². The summed E-state index contributed by atoms with van der Waals surface area (Å²) in [7, 11) is 1.65. The van der Waals surface area contributed by atoms with Crippen molar-refractivity contribution in [3.63, 3.8) is 0 Å². The first-order valence-corrected chi connectivity index (χ1v) is 5.60. The van der Waals surface area contributed by atoms with Crippen LogP contribution in [0.15, 0.2) is 24.3 Å². The van der Waals surface area contributed by atoms with E-state index in [2.05, 4.69) is 22.0 Å². The van der Waals surface area contributed by atoms with Gasteiger partial charge in [-0.2, -0.15) is 5.26 Å². The number of hydrogen-bond acceptors (Lipinski definition) is 2. The molecule has 0 fully saturated rings. The van der Waals surface area contributed by atoms with Crippen LogP contribution in [0.1, 0.15) is 18.9 Å². The molecule has 1 unspecified atom stereocenters. The minimum Gasteiger partial charge on any atom is -0.497 e. The van der Waals surface area contributed by atoms with Gasteiger partial charge in [0, 0.05) is 0 Å². The number of ether oxygens (including phenoxy) is 1. The molecule has 15 heavy (non-hydrogen) atoms. The zero-order valence-electron chi connectivity index (χ0n) is 8.96. The molecule has 0 amide bonds. The summed E-state index contributed by atoms with van der Waals surface area (Å²) in [6.07, 6.45) is 1.69. The minimum absolute atomic E-state index is 0.424. The van der Waals surface area contributed by atoms with Crippen molar-refractivity contribution < 1.29 is 4.74 Å². The molecule has 0 bridgehead atoms. The van der Waals surface area contributed by atoms with Gasteiger partial charge in [-0.15, -0.1) is 0 Å². The van der Waals surface area contributed by atoms with Crippen LogP contribution in [-0.4, -0.2) is 11.4 Å². The molecular weight excluding hydrogens is 254 g/mol. The average Bonchev–Trinajstić information content (AvgIpc) is 2.27. The Morgan fingerprint density at radius 1 is 1.40 bits per heavy atom. The maximum absolute atomic E-state index is 8.84. The lowest BCUT2D eigenvalue weighted by atomic mass is 10.0. The highest BCUT2D eigenvalue weighted by molar-refractivity contribution is 9.10. The monoisotopic (exact) mass is 267 g/mol. The highest BCUT2D eigenvalue weighted by atomic mass is 79.9. The molecule has 0 aliphatic rings. The van der Waals surface area contributed by atoms with Crippen molar-refractivity contribution in [2.24, 2.45) is 0 Å². The summed E-state index contributed by atoms with van der Waals surface area (Å²) in [6.45, 7) is 1.89. The van der Waals surface area contributed by atoms with Crippen LogP contribution in [0.4, 0.5) is 0 Å². The topological polar surface area (TPSA) is 33.0 Å². The molecule has 0 aromatic heterocycles. The Labute approximate surface area is 99.0 Å². The van der Waals surface area contributed by atoms with Crippen LogP contribution >= 0.6 is 15.9 Å². The molecule has 0 aliphatic carbocycles. The number of rotatable bonds is 4. The molecule has 0 saturated carbocycles. The van der Waals surface area contributed by atoms with Gasteiger partial charge in [-0.05, 0) is 37.5 Å². The van der Waals surface area contributed by atoms with Gasteiger partial charge in [-0.25, -0.2) is 0 Å². The molecule has 0 aliphatic heterocycles. The molecule has 0 N–H and O–H groups in total. The van der Waals surface area contributed by atoms with Crippen molar-refractivity contribution in [1.29, 1.82) is 5.26 Å². The number of benzene rings is 1. The molecular formula is C12H14BrNO. The summed E-state index contributed by atoms with van der Waals surface area (Å²) in [6, 6.07) is 10.2. The van der Waals surface area contributed by atoms with E-state index in [-0.39, 0.29) is 0 Å². The van der Waals surface area contributed by atoms with Gasteiger partial charge in [0.05, 0.1) is 13.2 Å². The maximum atomic E-state index is 8.84. The van der Waals surface area contributed by atoms with Crippen LogP contribution < -0.4 is 4.74 Å². The van der Waals surface area contributed by atoms with Gasteiger partial charge < -0.3 is 4.74 Å². The van der Waals surface area contributed by atoms with Crippen molar-refractivity contribution in [1.82, 2.24) is 0 Å². The fourth-order valence-corrected chi connectivity index (χ4v) is 1.43. The number of alkyl halides is 1. The number of methoxy groups -OCH3 is 1. The van der Waals surface area contributed by atoms with Crippen molar-refractivity contribution in [3.05, 3.63) is 29.8 Å². The van der Waals surface area contributed by atoms with E-state index in [1.807, 2.05) is 31.2 Å². The molecule has 2 nitrogen and oxygen atoms in total. The number of hydrogen-bond donors (Lipinski definition) is 0. The van der Waals surface area contributed by atoms with Crippen LogP contribution in [0.3, 0.4) is 0 Å². The molecule has 0 radical (unpaired) electrons. The second kappa shape index (κ2) is 5.18. The van der Waals surface area contributed by atoms with Crippen molar-refractivity contribution in [2.75, 3.05) is 7.11 Å². The fraction of sp³-hybridized carbons (Fsp3) is 0.417. The number of halogens is 1. The van der Waals surface area contributed by atoms with Crippen LogP contribution in [0.25, 0.3) is 0 Å². The third kappa shape index (κ3) is 3.93. The molecule has 0 spiro atoms. The molecule has 1 rings (SSSR count). The van der Waals surface area contributed by atoms with E-state index in [9.17, 15) is 0 Å². The van der Waals surface area contributed by atoms with E-state index < -0.39 is 4.32 Å². The summed E-state index contributed by atoms with van der Waals surface area (Å²) >= 11 is 3.38. The van der Waals surface area contributed by atoms with Crippen LogP contribution in [-0.2, 0) is 6.42 Å². The summed E-state index contributed by atoms with van der Waals surface area (Å²) in [5.74, 6) is 0.862. The lowest BCUT2D eigenvalue weighted by Crippen LogP contribution is -2.12. The minimum atomic E-state index is -0.424. The summed E-state index contributed by atoms with van der Waals surface area (Å²) < 4.78 is 4.65. The first-order chi connectivity index (χ1) is 7.07. The Balaban J connectivity index is 2.56. The second-order valence-electron chi connectivity index (χ2n) is 3.66. The Hall–Kier alpha value is -1.01. The lowest BCUT2D eigenvalue weighted by Gasteiger charge is -2.12. The third-order valence-electron chi connectivity index (χ3n) is 2.28. The Morgan fingerprint density at radius 2 is 2.00 bits per heavy atom. The quantitative estimate of drug-likeness (QED) is 0.785. The zero-order chi connectivity index (χ0) is 11.3. The molecule has 3 heteroatoms. The zero-order valence-corrected chi connectivity index (χ0v) is 10.5. The highest BCUT2D eigenvalue weighted by Crippen LogP contribution is 2.23. The molecule has 1 aromatic carbocycles. The van der Waals surface area contributed by atoms with Crippen LogP contribution in [0.5, 0.6) is 5.75 Å². The van der Waals surface area contributed by atoms with E-state index in [0.29, 0.717) is 0 Å². The standard InChI is InChI=1S/C12H14BrNO/c1-12(13,9-14)8-7-10-3-5-11(15-2)6-4-10/h3-6H,7-8H2,1-2H3. The molecule has 80 valence electrons. The van der Waals surface area contributed by atoms with Gasteiger partial charge in [0.15, 0.2) is 0 Å². The Morgan fingerprint density at radius 3 is 2.47 bits per heavy atom. The number of aryl methyl sites for hydroxylation is 1. The SMILES string of the molecule is COc1ccc(CCC(C)(Br)C#N)cc1. The van der Waals surface area contributed by atoms with E-state index in [1.165, 1.54) is 5.56 Å². The van der Waals surface area contributed by atoms with E-state index in [0.717, 1.165) is 18.6 Å². The number of nitrogens with zero attached hydrogens (tertiary/aromatic N) is 1. The third-order valence-corrected chi connectivity index (χ3v) is 2.85. The fourth-order valence-electron chi connectivity index (χ4n) is 1.23. The van der Waals surface area contributed by atoms with E-state index in [1.54, 1.807) is 7.11 Å². The Kier molecular flexibility index (Phi) is 4.16. The van der Waals surface area contributed by atoms with Crippen molar-refractivity contribution in [2.45, 2.75) is 24.1 Å². The van der Waals surface area contributed by atoms with Gasteiger partial charge in [0.1, 0.15) is 10.1 Å². The first-order valence-electron chi connectivity index (χ1n) is 4.80. The van der Waals surface area contributed by atoms with Gasteiger partial charge >= 0.3 is 0 Å². The van der Waals surface area contributed by atoms with E-state index >= 15 is 0 Å². The summed E-state index contributed by atoms with van der Waals surface area (Å²) in [4.78, 5) is 0. The van der Waals surface area contributed by atoms with Gasteiger partial charge in [-0.1, -0.05) is 28.1 Å². The van der Waals surface area contributed by atoms with Gasteiger partial charge in [-0.3, -0.25) is 0 Å². The smallest absolute Gasteiger partial charge is 0.118 e. The average molecular weight is 268 g/mol. The number of nitriles is 1. The van der Waals surface area contributed by atoms with Crippen molar-refractivity contribution in [3.8, 4) is 11.8 Å². The first kappa shape index (κ1) is 12.1. The summed E-state index contributed by atoms with van der Waals surface area (Å²) in [5.41, 5.74) is 1.22. The normalized spacial score (nSPS) is 14.0. The molecule has 1 aromatic rings. The van der Waals surface area contributed by atoms with Crippen LogP contribution in [0.2, 0.25) is 0 Å². The highest BCUT2D eigenvalue weighted by Gasteiger charge is 2.18. The van der Waals surface area contributed by atoms with E-state index in [4.69, 9.17) is 10.00 Å². The van der Waals surface area contributed by atoms with Crippen molar-refractivity contribution >= 4 is 15.9 Å².